The minimum absolute atomic E-state index is 0.0441. The highest BCUT2D eigenvalue weighted by Gasteiger charge is 2.26. The Labute approximate surface area is 220 Å². The van der Waals surface area contributed by atoms with E-state index in [9.17, 15) is 4.79 Å². The van der Waals surface area contributed by atoms with Crippen LogP contribution in [0.4, 0.5) is 10.5 Å². The standard InChI is InChI=1S/C30H52N2O4/c1-2-3-4-5-6-7-8-9-10-11-12-13-14-15-16-17-22-34-24-27-23-29(35-25-27)26-36-30(33)32-28-18-20-31-21-19-28/h18-21,27,29H,2-17,22-26H2,1H3,(H,31,32,33)/t27-,29-/m1/s1. The number of aromatic nitrogens is 1. The first-order valence-electron chi connectivity index (χ1n) is 14.8. The Kier molecular flexibility index (Phi) is 18.2. The Balaban J connectivity index is 1.29. The van der Waals surface area contributed by atoms with Crippen LogP contribution in [0.15, 0.2) is 24.5 Å². The number of pyridine rings is 1. The number of nitrogens with zero attached hydrogens (tertiary/aromatic N) is 1. The van der Waals surface area contributed by atoms with E-state index in [4.69, 9.17) is 14.2 Å². The molecule has 206 valence electrons. The summed E-state index contributed by atoms with van der Waals surface area (Å²) in [5, 5.41) is 2.68. The van der Waals surface area contributed by atoms with Gasteiger partial charge in [-0.2, -0.15) is 0 Å². The Morgan fingerprint density at radius 1 is 0.861 bits per heavy atom. The summed E-state index contributed by atoms with van der Waals surface area (Å²) in [4.78, 5) is 15.8. The maximum atomic E-state index is 11.9. The fourth-order valence-electron chi connectivity index (χ4n) is 4.77. The van der Waals surface area contributed by atoms with Gasteiger partial charge in [0.1, 0.15) is 6.61 Å². The first-order chi connectivity index (χ1) is 17.8. The molecule has 2 heterocycles. The Hall–Kier alpha value is -1.66. The lowest BCUT2D eigenvalue weighted by Gasteiger charge is -2.11. The van der Waals surface area contributed by atoms with E-state index in [0.29, 0.717) is 18.2 Å². The number of unbranched alkanes of at least 4 members (excludes halogenated alkanes) is 15. The van der Waals surface area contributed by atoms with Gasteiger partial charge in [-0.05, 0) is 25.0 Å². The topological polar surface area (TPSA) is 69.7 Å². The fourth-order valence-corrected chi connectivity index (χ4v) is 4.77. The number of rotatable bonds is 22. The van der Waals surface area contributed by atoms with E-state index in [2.05, 4.69) is 17.2 Å². The van der Waals surface area contributed by atoms with Gasteiger partial charge in [0.15, 0.2) is 0 Å². The molecule has 0 spiro atoms. The third-order valence-corrected chi connectivity index (χ3v) is 6.99. The van der Waals surface area contributed by atoms with Crippen molar-refractivity contribution in [2.45, 2.75) is 122 Å². The molecule has 2 atom stereocenters. The third-order valence-electron chi connectivity index (χ3n) is 6.99. The predicted octanol–water partition coefficient (Wildman–Crippen LogP) is 8.31. The van der Waals surface area contributed by atoms with Crippen molar-refractivity contribution in [1.82, 2.24) is 4.98 Å². The lowest BCUT2D eigenvalue weighted by Crippen LogP contribution is -2.21. The number of carbonyl (C=O) groups is 1. The van der Waals surface area contributed by atoms with Crippen LogP contribution in [-0.4, -0.2) is 43.6 Å². The van der Waals surface area contributed by atoms with E-state index in [-0.39, 0.29) is 12.7 Å². The summed E-state index contributed by atoms with van der Waals surface area (Å²) in [5.74, 6) is 0.392. The van der Waals surface area contributed by atoms with Crippen LogP contribution in [0.5, 0.6) is 0 Å². The molecule has 1 aliphatic heterocycles. The van der Waals surface area contributed by atoms with Crippen molar-refractivity contribution in [2.24, 2.45) is 5.92 Å². The van der Waals surface area contributed by atoms with Gasteiger partial charge in [-0.3, -0.25) is 10.3 Å². The maximum Gasteiger partial charge on any atom is 0.411 e. The highest BCUT2D eigenvalue weighted by molar-refractivity contribution is 5.84. The van der Waals surface area contributed by atoms with Gasteiger partial charge < -0.3 is 14.2 Å². The van der Waals surface area contributed by atoms with Crippen molar-refractivity contribution >= 4 is 11.8 Å². The van der Waals surface area contributed by atoms with E-state index in [0.717, 1.165) is 26.1 Å². The molecule has 0 aliphatic carbocycles. The Morgan fingerprint density at radius 3 is 2.00 bits per heavy atom. The summed E-state index contributed by atoms with van der Waals surface area (Å²) in [7, 11) is 0. The Morgan fingerprint density at radius 2 is 1.42 bits per heavy atom. The maximum absolute atomic E-state index is 11.9. The van der Waals surface area contributed by atoms with Gasteiger partial charge in [0.25, 0.3) is 0 Å². The third kappa shape index (κ3) is 16.2. The second-order valence-electron chi connectivity index (χ2n) is 10.4. The second-order valence-corrected chi connectivity index (χ2v) is 10.4. The van der Waals surface area contributed by atoms with Crippen molar-refractivity contribution in [3.05, 3.63) is 24.5 Å². The molecule has 1 amide bonds. The van der Waals surface area contributed by atoms with Crippen molar-refractivity contribution in [2.75, 3.05) is 31.7 Å². The largest absolute Gasteiger partial charge is 0.447 e. The van der Waals surface area contributed by atoms with Gasteiger partial charge >= 0.3 is 6.09 Å². The van der Waals surface area contributed by atoms with Crippen LogP contribution in [0.2, 0.25) is 0 Å². The number of carbonyl (C=O) groups excluding carboxylic acids is 1. The predicted molar refractivity (Wildman–Crippen MR) is 147 cm³/mol. The SMILES string of the molecule is CCCCCCCCCCCCCCCCCCOC[C@@H]1CO[C@@H](COC(=O)Nc2ccncc2)C1. The molecule has 1 aromatic heterocycles. The molecule has 1 N–H and O–H groups in total. The molecule has 1 fully saturated rings. The van der Waals surface area contributed by atoms with Crippen molar-refractivity contribution < 1.29 is 19.0 Å². The molecule has 0 aromatic carbocycles. The summed E-state index contributed by atoms with van der Waals surface area (Å²) >= 11 is 0. The van der Waals surface area contributed by atoms with Gasteiger partial charge in [0, 0.05) is 30.6 Å². The molecule has 6 heteroatoms. The zero-order chi connectivity index (χ0) is 25.5. The number of nitrogens with one attached hydrogen (secondary N) is 1. The van der Waals surface area contributed by atoms with Crippen LogP contribution in [0.3, 0.4) is 0 Å². The highest BCUT2D eigenvalue weighted by atomic mass is 16.6. The molecule has 0 radical (unpaired) electrons. The average molecular weight is 505 g/mol. The molecule has 1 saturated heterocycles. The van der Waals surface area contributed by atoms with E-state index in [1.54, 1.807) is 24.5 Å². The van der Waals surface area contributed by atoms with Crippen molar-refractivity contribution in [3.63, 3.8) is 0 Å². The van der Waals surface area contributed by atoms with E-state index in [1.807, 2.05) is 0 Å². The number of ether oxygens (including phenoxy) is 3. The van der Waals surface area contributed by atoms with Gasteiger partial charge in [-0.25, -0.2) is 4.79 Å². The molecule has 36 heavy (non-hydrogen) atoms. The zero-order valence-electron chi connectivity index (χ0n) is 22.9. The molecule has 1 aliphatic rings. The van der Waals surface area contributed by atoms with E-state index >= 15 is 0 Å². The molecule has 2 rings (SSSR count). The van der Waals surface area contributed by atoms with Gasteiger partial charge in [0.05, 0.1) is 19.3 Å². The monoisotopic (exact) mass is 504 g/mol. The summed E-state index contributed by atoms with van der Waals surface area (Å²) in [5.41, 5.74) is 0.669. The number of amides is 1. The normalized spacial score (nSPS) is 17.4. The van der Waals surface area contributed by atoms with E-state index < -0.39 is 6.09 Å². The molecule has 0 saturated carbocycles. The summed E-state index contributed by atoms with van der Waals surface area (Å²) in [6.07, 6.45) is 25.8. The summed E-state index contributed by atoms with van der Waals surface area (Å²) < 4.78 is 16.9. The highest BCUT2D eigenvalue weighted by Crippen LogP contribution is 2.21. The lowest BCUT2D eigenvalue weighted by molar-refractivity contribution is 0.0430. The molecule has 0 unspecified atom stereocenters. The average Bonchev–Trinajstić information content (AvgIpc) is 3.35. The van der Waals surface area contributed by atoms with Gasteiger partial charge in [-0.1, -0.05) is 103 Å². The van der Waals surface area contributed by atoms with Crippen LogP contribution in [0.25, 0.3) is 0 Å². The molecular weight excluding hydrogens is 452 g/mol. The molecular formula is C30H52N2O4. The molecule has 6 nitrogen and oxygen atoms in total. The van der Waals surface area contributed by atoms with Gasteiger partial charge in [-0.15, -0.1) is 0 Å². The van der Waals surface area contributed by atoms with Crippen LogP contribution in [-0.2, 0) is 14.2 Å². The fraction of sp³-hybridized carbons (Fsp3) is 0.800. The van der Waals surface area contributed by atoms with Crippen LogP contribution >= 0.6 is 0 Å². The number of hydrogen-bond acceptors (Lipinski definition) is 5. The zero-order valence-corrected chi connectivity index (χ0v) is 22.9. The number of anilines is 1. The van der Waals surface area contributed by atoms with Crippen LogP contribution in [0, 0.1) is 5.92 Å². The van der Waals surface area contributed by atoms with Crippen LogP contribution in [0.1, 0.15) is 116 Å². The molecule has 1 aromatic rings. The first-order valence-corrected chi connectivity index (χ1v) is 14.8. The quantitative estimate of drug-likeness (QED) is 0.161. The Bertz CT molecular complexity index is 643. The van der Waals surface area contributed by atoms with Crippen molar-refractivity contribution in [1.29, 1.82) is 0 Å². The summed E-state index contributed by atoms with van der Waals surface area (Å²) in [6, 6.07) is 3.44. The smallest absolute Gasteiger partial charge is 0.411 e. The second kappa shape index (κ2) is 21.4. The van der Waals surface area contributed by atoms with E-state index in [1.165, 1.54) is 96.3 Å². The first kappa shape index (κ1) is 30.6. The number of hydrogen-bond donors (Lipinski definition) is 1. The van der Waals surface area contributed by atoms with Gasteiger partial charge in [0.2, 0.25) is 0 Å². The summed E-state index contributed by atoms with van der Waals surface area (Å²) in [6.45, 7) is 4.81. The minimum Gasteiger partial charge on any atom is -0.447 e. The lowest BCUT2D eigenvalue weighted by atomic mass is 10.0. The minimum atomic E-state index is -0.465. The molecule has 0 bridgehead atoms. The van der Waals surface area contributed by atoms with Crippen molar-refractivity contribution in [3.8, 4) is 0 Å². The van der Waals surface area contributed by atoms with Crippen LogP contribution < -0.4 is 5.32 Å².